The Morgan fingerprint density at radius 2 is 2.43 bits per heavy atom. The average Bonchev–Trinajstić information content (AvgIpc) is 3.11. The van der Waals surface area contributed by atoms with Crippen molar-refractivity contribution in [2.45, 2.75) is 19.1 Å². The third kappa shape index (κ3) is 4.86. The molecule has 2 aromatic heterocycles. The fourth-order valence-electron chi connectivity index (χ4n) is 2.69. The molecular formula is C17H21N3O2S. The molecule has 0 bridgehead atoms. The highest BCUT2D eigenvalue weighted by molar-refractivity contribution is 7.08. The van der Waals surface area contributed by atoms with Crippen LogP contribution in [0.15, 0.2) is 41.4 Å². The Morgan fingerprint density at radius 1 is 1.48 bits per heavy atom. The molecule has 1 aliphatic rings. The van der Waals surface area contributed by atoms with Crippen LogP contribution in [0.2, 0.25) is 0 Å². The molecule has 2 aromatic rings. The second-order valence-corrected chi connectivity index (χ2v) is 6.43. The third-order valence-electron chi connectivity index (χ3n) is 3.89. The summed E-state index contributed by atoms with van der Waals surface area (Å²) in [5.41, 5.74) is 1.96. The number of nitrogens with zero attached hydrogens (tertiary/aromatic N) is 2. The molecule has 0 aliphatic carbocycles. The minimum Gasteiger partial charge on any atom is -0.375 e. The average molecular weight is 331 g/mol. The van der Waals surface area contributed by atoms with Gasteiger partial charge in [-0.05, 0) is 29.5 Å². The summed E-state index contributed by atoms with van der Waals surface area (Å²) in [5.74, 6) is -0.00530. The number of ether oxygens (including phenoxy) is 1. The molecule has 6 heteroatoms. The fraction of sp³-hybridized carbons (Fsp3) is 0.412. The minimum absolute atomic E-state index is 0.00530. The summed E-state index contributed by atoms with van der Waals surface area (Å²) in [6.45, 7) is 4.11. The minimum atomic E-state index is -0.00530. The second kappa shape index (κ2) is 8.19. The second-order valence-electron chi connectivity index (χ2n) is 5.65. The first kappa shape index (κ1) is 16.1. The number of pyridine rings is 1. The maximum absolute atomic E-state index is 11.9. The highest BCUT2D eigenvalue weighted by atomic mass is 32.1. The van der Waals surface area contributed by atoms with Crippen molar-refractivity contribution in [3.63, 3.8) is 0 Å². The topological polar surface area (TPSA) is 54.5 Å². The van der Waals surface area contributed by atoms with Crippen LogP contribution in [-0.4, -0.2) is 48.1 Å². The first-order valence-electron chi connectivity index (χ1n) is 7.84. The molecule has 0 unspecified atom stereocenters. The molecule has 0 radical (unpaired) electrons. The van der Waals surface area contributed by atoms with Crippen LogP contribution >= 0.6 is 11.3 Å². The number of carbonyl (C=O) groups is 1. The van der Waals surface area contributed by atoms with Gasteiger partial charge in [-0.25, -0.2) is 0 Å². The maximum Gasteiger partial charge on any atom is 0.252 e. The molecule has 23 heavy (non-hydrogen) atoms. The summed E-state index contributed by atoms with van der Waals surface area (Å²) < 4.78 is 5.81. The Morgan fingerprint density at radius 3 is 3.22 bits per heavy atom. The predicted octanol–water partition coefficient (Wildman–Crippen LogP) is 2.16. The van der Waals surface area contributed by atoms with Gasteiger partial charge in [-0.15, -0.1) is 0 Å². The van der Waals surface area contributed by atoms with Crippen LogP contribution in [0.4, 0.5) is 0 Å². The standard InChI is InChI=1S/C17H21N3O2S/c21-17(15-4-9-23-13-15)19-6-3-16-12-20(7-8-22-16)11-14-2-1-5-18-10-14/h1-2,4-5,9-10,13,16H,3,6-8,11-12H2,(H,19,21)/t16-/m1/s1. The summed E-state index contributed by atoms with van der Waals surface area (Å²) in [7, 11) is 0. The van der Waals surface area contributed by atoms with Crippen molar-refractivity contribution in [1.82, 2.24) is 15.2 Å². The van der Waals surface area contributed by atoms with Crippen LogP contribution in [0.1, 0.15) is 22.3 Å². The normalized spacial score (nSPS) is 18.7. The number of hydrogen-bond acceptors (Lipinski definition) is 5. The van der Waals surface area contributed by atoms with E-state index < -0.39 is 0 Å². The molecule has 1 N–H and O–H groups in total. The maximum atomic E-state index is 11.9. The van der Waals surface area contributed by atoms with Crippen LogP contribution in [-0.2, 0) is 11.3 Å². The first-order chi connectivity index (χ1) is 11.3. The summed E-state index contributed by atoms with van der Waals surface area (Å²) in [6.07, 6.45) is 4.70. The van der Waals surface area contributed by atoms with Gasteiger partial charge in [0.05, 0.1) is 12.7 Å². The smallest absolute Gasteiger partial charge is 0.252 e. The Hall–Kier alpha value is -1.76. The van der Waals surface area contributed by atoms with E-state index in [-0.39, 0.29) is 12.0 Å². The van der Waals surface area contributed by atoms with Gasteiger partial charge in [0.15, 0.2) is 0 Å². The molecule has 0 spiro atoms. The summed E-state index contributed by atoms with van der Waals surface area (Å²) >= 11 is 1.53. The molecule has 1 aliphatic heterocycles. The van der Waals surface area contributed by atoms with Crippen molar-refractivity contribution in [3.8, 4) is 0 Å². The van der Waals surface area contributed by atoms with E-state index in [0.717, 1.165) is 38.2 Å². The first-order valence-corrected chi connectivity index (χ1v) is 8.79. The number of thiophene rings is 1. The zero-order valence-electron chi connectivity index (χ0n) is 13.0. The van der Waals surface area contributed by atoms with Crippen LogP contribution in [0, 0.1) is 0 Å². The van der Waals surface area contributed by atoms with Crippen molar-refractivity contribution >= 4 is 17.2 Å². The van der Waals surface area contributed by atoms with Crippen molar-refractivity contribution in [2.24, 2.45) is 0 Å². The van der Waals surface area contributed by atoms with Gasteiger partial charge < -0.3 is 10.1 Å². The van der Waals surface area contributed by atoms with E-state index in [9.17, 15) is 4.79 Å². The van der Waals surface area contributed by atoms with Crippen molar-refractivity contribution in [3.05, 3.63) is 52.5 Å². The number of morpholine rings is 1. The fourth-order valence-corrected chi connectivity index (χ4v) is 3.33. The molecule has 122 valence electrons. The lowest BCUT2D eigenvalue weighted by Crippen LogP contribution is -2.43. The summed E-state index contributed by atoms with van der Waals surface area (Å²) in [5, 5.41) is 6.73. The number of carbonyl (C=O) groups excluding carboxylic acids is 1. The molecule has 1 fully saturated rings. The third-order valence-corrected chi connectivity index (χ3v) is 4.57. The zero-order valence-corrected chi connectivity index (χ0v) is 13.8. The largest absolute Gasteiger partial charge is 0.375 e. The van der Waals surface area contributed by atoms with Crippen LogP contribution in [0.25, 0.3) is 0 Å². The van der Waals surface area contributed by atoms with Gasteiger partial charge in [-0.1, -0.05) is 6.07 Å². The van der Waals surface area contributed by atoms with Gasteiger partial charge in [-0.2, -0.15) is 11.3 Å². The van der Waals surface area contributed by atoms with Gasteiger partial charge in [-0.3, -0.25) is 14.7 Å². The van der Waals surface area contributed by atoms with E-state index in [0.29, 0.717) is 6.54 Å². The number of amides is 1. The predicted molar refractivity (Wildman–Crippen MR) is 90.5 cm³/mol. The van der Waals surface area contributed by atoms with E-state index in [1.165, 1.54) is 16.9 Å². The van der Waals surface area contributed by atoms with Crippen LogP contribution in [0.5, 0.6) is 0 Å². The van der Waals surface area contributed by atoms with Gasteiger partial charge in [0.25, 0.3) is 5.91 Å². The Balaban J connectivity index is 1.41. The number of rotatable bonds is 6. The monoisotopic (exact) mass is 331 g/mol. The van der Waals surface area contributed by atoms with Crippen molar-refractivity contribution in [1.29, 1.82) is 0 Å². The lowest BCUT2D eigenvalue weighted by atomic mass is 10.1. The van der Waals surface area contributed by atoms with E-state index in [4.69, 9.17) is 4.74 Å². The Kier molecular flexibility index (Phi) is 5.74. The van der Waals surface area contributed by atoms with Crippen molar-refractivity contribution in [2.75, 3.05) is 26.2 Å². The molecular weight excluding hydrogens is 310 g/mol. The van der Waals surface area contributed by atoms with E-state index >= 15 is 0 Å². The highest BCUT2D eigenvalue weighted by Gasteiger charge is 2.20. The van der Waals surface area contributed by atoms with Crippen LogP contribution < -0.4 is 5.32 Å². The molecule has 3 rings (SSSR count). The van der Waals surface area contributed by atoms with E-state index in [1.807, 2.05) is 29.1 Å². The molecule has 1 amide bonds. The SMILES string of the molecule is O=C(NCC[C@@H]1CN(Cc2cccnc2)CCO1)c1ccsc1. The highest BCUT2D eigenvalue weighted by Crippen LogP contribution is 2.12. The summed E-state index contributed by atoms with van der Waals surface area (Å²) in [4.78, 5) is 18.4. The molecule has 1 atom stereocenters. The Bertz CT molecular complexity index is 604. The Labute approximate surface area is 140 Å². The van der Waals surface area contributed by atoms with Crippen molar-refractivity contribution < 1.29 is 9.53 Å². The van der Waals surface area contributed by atoms with Gasteiger partial charge >= 0.3 is 0 Å². The van der Waals surface area contributed by atoms with E-state index in [2.05, 4.69) is 21.3 Å². The van der Waals surface area contributed by atoms with Gasteiger partial charge in [0, 0.05) is 49.5 Å². The van der Waals surface area contributed by atoms with E-state index in [1.54, 1.807) is 6.20 Å². The lowest BCUT2D eigenvalue weighted by Gasteiger charge is -2.33. The summed E-state index contributed by atoms with van der Waals surface area (Å²) in [6, 6.07) is 5.90. The number of aromatic nitrogens is 1. The molecule has 0 saturated carbocycles. The number of hydrogen-bond donors (Lipinski definition) is 1. The van der Waals surface area contributed by atoms with Crippen LogP contribution in [0.3, 0.4) is 0 Å². The number of nitrogens with one attached hydrogen (secondary N) is 1. The molecule has 5 nitrogen and oxygen atoms in total. The zero-order chi connectivity index (χ0) is 15.9. The molecule has 0 aromatic carbocycles. The molecule has 3 heterocycles. The lowest BCUT2D eigenvalue weighted by molar-refractivity contribution is -0.0342. The van der Waals surface area contributed by atoms with Gasteiger partial charge in [0.2, 0.25) is 0 Å². The quantitative estimate of drug-likeness (QED) is 0.881. The molecule has 1 saturated heterocycles. The van der Waals surface area contributed by atoms with Gasteiger partial charge in [0.1, 0.15) is 0 Å².